The molecule has 1 saturated heterocycles. The van der Waals surface area contributed by atoms with Gasteiger partial charge in [0.05, 0.1) is 14.1 Å². The molecule has 1 aliphatic rings. The van der Waals surface area contributed by atoms with Crippen LogP contribution in [0.1, 0.15) is 56.2 Å². The SMILES string of the molecule is CCCCCC1CC(c2ccc(C)cc2)[N+](C)(C)O1. The fourth-order valence-corrected chi connectivity index (χ4v) is 3.08. The van der Waals surface area contributed by atoms with E-state index in [-0.39, 0.29) is 0 Å². The molecule has 2 rings (SSSR count). The van der Waals surface area contributed by atoms with Gasteiger partial charge in [-0.3, -0.25) is 0 Å². The van der Waals surface area contributed by atoms with Crippen LogP contribution in [-0.4, -0.2) is 24.8 Å². The highest BCUT2D eigenvalue weighted by atomic mass is 16.7. The molecule has 2 nitrogen and oxygen atoms in total. The van der Waals surface area contributed by atoms with Crippen molar-refractivity contribution in [1.29, 1.82) is 0 Å². The first-order chi connectivity index (χ1) is 9.03. The molecular formula is C17H28NO+. The lowest BCUT2D eigenvalue weighted by Crippen LogP contribution is -2.37. The predicted molar refractivity (Wildman–Crippen MR) is 79.7 cm³/mol. The smallest absolute Gasteiger partial charge is 0.147 e. The van der Waals surface area contributed by atoms with E-state index < -0.39 is 0 Å². The first-order valence-corrected chi connectivity index (χ1v) is 7.61. The molecule has 106 valence electrons. The molecule has 1 aliphatic heterocycles. The van der Waals surface area contributed by atoms with Gasteiger partial charge < -0.3 is 0 Å². The topological polar surface area (TPSA) is 9.23 Å². The lowest BCUT2D eigenvalue weighted by atomic mass is 9.97. The third-order valence-electron chi connectivity index (χ3n) is 4.25. The number of unbranched alkanes of at least 4 members (excludes halogenated alkanes) is 2. The number of hydrogen-bond donors (Lipinski definition) is 0. The van der Waals surface area contributed by atoms with Crippen LogP contribution in [-0.2, 0) is 4.84 Å². The van der Waals surface area contributed by atoms with Gasteiger partial charge in [0, 0.05) is 12.0 Å². The maximum absolute atomic E-state index is 6.23. The number of aryl methyl sites for hydroxylation is 1. The molecule has 0 aromatic heterocycles. The molecule has 2 heteroatoms. The summed E-state index contributed by atoms with van der Waals surface area (Å²) in [4.78, 5) is 6.23. The van der Waals surface area contributed by atoms with Crippen molar-refractivity contribution >= 4 is 0 Å². The van der Waals surface area contributed by atoms with Crippen molar-refractivity contribution in [1.82, 2.24) is 0 Å². The van der Waals surface area contributed by atoms with Gasteiger partial charge in [0.25, 0.3) is 0 Å². The molecular weight excluding hydrogens is 234 g/mol. The Kier molecular flexibility index (Phi) is 4.64. The van der Waals surface area contributed by atoms with Crippen LogP contribution in [0.25, 0.3) is 0 Å². The van der Waals surface area contributed by atoms with Gasteiger partial charge >= 0.3 is 0 Å². The molecule has 2 unspecified atom stereocenters. The lowest BCUT2D eigenvalue weighted by molar-refractivity contribution is -1.09. The molecule has 0 amide bonds. The third-order valence-corrected chi connectivity index (χ3v) is 4.25. The van der Waals surface area contributed by atoms with E-state index in [0.717, 1.165) is 6.42 Å². The normalized spacial score (nSPS) is 25.7. The van der Waals surface area contributed by atoms with Crippen molar-refractivity contribution < 1.29 is 9.48 Å². The molecule has 0 N–H and O–H groups in total. The Hall–Kier alpha value is -0.860. The standard InChI is InChI=1S/C17H28NO/c1-5-6-7-8-16-13-17(18(3,4)19-16)15-11-9-14(2)10-12-15/h9-12,16-17H,5-8,13H2,1-4H3/q+1. The van der Waals surface area contributed by atoms with E-state index in [1.807, 2.05) is 0 Å². The Morgan fingerprint density at radius 2 is 1.84 bits per heavy atom. The van der Waals surface area contributed by atoms with E-state index in [1.165, 1.54) is 36.8 Å². The highest BCUT2D eigenvalue weighted by Crippen LogP contribution is 2.39. The maximum Gasteiger partial charge on any atom is 0.147 e. The number of rotatable bonds is 5. The molecule has 0 bridgehead atoms. The first kappa shape index (κ1) is 14.5. The Morgan fingerprint density at radius 1 is 1.16 bits per heavy atom. The van der Waals surface area contributed by atoms with Crippen molar-refractivity contribution in [3.05, 3.63) is 35.4 Å². The fraction of sp³-hybridized carbons (Fsp3) is 0.647. The number of hydroxylamine groups is 3. The van der Waals surface area contributed by atoms with Crippen LogP contribution in [0.3, 0.4) is 0 Å². The molecule has 0 radical (unpaired) electrons. The van der Waals surface area contributed by atoms with Crippen LogP contribution >= 0.6 is 0 Å². The van der Waals surface area contributed by atoms with Gasteiger partial charge in [-0.25, -0.2) is 0 Å². The van der Waals surface area contributed by atoms with Gasteiger partial charge in [-0.05, 0) is 13.3 Å². The van der Waals surface area contributed by atoms with Gasteiger partial charge in [-0.2, -0.15) is 9.48 Å². The Balaban J connectivity index is 2.02. The van der Waals surface area contributed by atoms with Gasteiger partial charge in [0.15, 0.2) is 0 Å². The molecule has 1 fully saturated rings. The van der Waals surface area contributed by atoms with Gasteiger partial charge in [0.2, 0.25) is 0 Å². The summed E-state index contributed by atoms with van der Waals surface area (Å²) in [5.41, 5.74) is 2.74. The average Bonchev–Trinajstić information content (AvgIpc) is 2.66. The first-order valence-electron chi connectivity index (χ1n) is 7.61. The minimum absolute atomic E-state index is 0.424. The van der Waals surface area contributed by atoms with Crippen molar-refractivity contribution in [3.8, 4) is 0 Å². The van der Waals surface area contributed by atoms with Crippen molar-refractivity contribution in [2.24, 2.45) is 0 Å². The predicted octanol–water partition coefficient (Wildman–Crippen LogP) is 4.40. The Labute approximate surface area is 117 Å². The number of benzene rings is 1. The summed E-state index contributed by atoms with van der Waals surface area (Å²) in [6.45, 7) is 4.40. The highest BCUT2D eigenvalue weighted by Gasteiger charge is 2.43. The van der Waals surface area contributed by atoms with Gasteiger partial charge in [0.1, 0.15) is 12.1 Å². The minimum atomic E-state index is 0.424. The fourth-order valence-electron chi connectivity index (χ4n) is 3.08. The zero-order chi connectivity index (χ0) is 13.9. The van der Waals surface area contributed by atoms with Crippen molar-refractivity contribution in [2.75, 3.05) is 14.1 Å². The maximum atomic E-state index is 6.23. The van der Waals surface area contributed by atoms with Crippen LogP contribution in [0.5, 0.6) is 0 Å². The third kappa shape index (κ3) is 3.58. The van der Waals surface area contributed by atoms with E-state index in [9.17, 15) is 0 Å². The average molecular weight is 262 g/mol. The molecule has 2 atom stereocenters. The summed E-state index contributed by atoms with van der Waals surface area (Å²) >= 11 is 0. The Bertz CT molecular complexity index is 396. The Morgan fingerprint density at radius 3 is 2.47 bits per heavy atom. The van der Waals surface area contributed by atoms with E-state index in [4.69, 9.17) is 4.84 Å². The van der Waals surface area contributed by atoms with Crippen molar-refractivity contribution in [3.63, 3.8) is 0 Å². The largest absolute Gasteiger partial charge is 0.199 e. The van der Waals surface area contributed by atoms with E-state index in [0.29, 0.717) is 16.8 Å². The number of nitrogens with zero attached hydrogens (tertiary/aromatic N) is 1. The molecule has 0 saturated carbocycles. The zero-order valence-corrected chi connectivity index (χ0v) is 12.9. The van der Waals surface area contributed by atoms with Gasteiger partial charge in [-0.15, -0.1) is 0 Å². The van der Waals surface area contributed by atoms with Gasteiger partial charge in [-0.1, -0.05) is 56.0 Å². The minimum Gasteiger partial charge on any atom is -0.199 e. The summed E-state index contributed by atoms with van der Waals surface area (Å²) in [5, 5.41) is 0. The molecule has 1 aromatic rings. The highest BCUT2D eigenvalue weighted by molar-refractivity contribution is 5.23. The summed E-state index contributed by atoms with van der Waals surface area (Å²) < 4.78 is 0.667. The summed E-state index contributed by atoms with van der Waals surface area (Å²) in [6.07, 6.45) is 6.68. The molecule has 1 heterocycles. The number of quaternary nitrogens is 1. The molecule has 0 aliphatic carbocycles. The quantitative estimate of drug-likeness (QED) is 0.564. The van der Waals surface area contributed by atoms with Crippen LogP contribution in [0.4, 0.5) is 0 Å². The lowest BCUT2D eigenvalue weighted by Gasteiger charge is -2.28. The molecule has 1 aromatic carbocycles. The monoisotopic (exact) mass is 262 g/mol. The van der Waals surface area contributed by atoms with E-state index >= 15 is 0 Å². The van der Waals surface area contributed by atoms with E-state index in [2.05, 4.69) is 52.2 Å². The van der Waals surface area contributed by atoms with Crippen LogP contribution in [0.2, 0.25) is 0 Å². The van der Waals surface area contributed by atoms with Crippen molar-refractivity contribution in [2.45, 2.75) is 58.1 Å². The van der Waals surface area contributed by atoms with Crippen LogP contribution in [0, 0.1) is 6.92 Å². The molecule has 0 spiro atoms. The second kappa shape index (κ2) is 6.06. The zero-order valence-electron chi connectivity index (χ0n) is 12.9. The second-order valence-electron chi connectivity index (χ2n) is 6.32. The van der Waals surface area contributed by atoms with Crippen LogP contribution < -0.4 is 0 Å². The summed E-state index contributed by atoms with van der Waals surface area (Å²) in [6, 6.07) is 9.42. The summed E-state index contributed by atoms with van der Waals surface area (Å²) in [7, 11) is 4.37. The molecule has 19 heavy (non-hydrogen) atoms. The number of hydrogen-bond acceptors (Lipinski definition) is 1. The van der Waals surface area contributed by atoms with Crippen LogP contribution in [0.15, 0.2) is 24.3 Å². The van der Waals surface area contributed by atoms with E-state index in [1.54, 1.807) is 0 Å². The second-order valence-corrected chi connectivity index (χ2v) is 6.32. The summed E-state index contributed by atoms with van der Waals surface area (Å²) in [5.74, 6) is 0.